The number of hydrogen-bond acceptors (Lipinski definition) is 1. The molecule has 0 amide bonds. The predicted molar refractivity (Wildman–Crippen MR) is 49.8 cm³/mol. The molecule has 0 saturated carbocycles. The summed E-state index contributed by atoms with van der Waals surface area (Å²) in [6.07, 6.45) is 8.06. The van der Waals surface area contributed by atoms with Crippen molar-refractivity contribution in [3.63, 3.8) is 0 Å². The van der Waals surface area contributed by atoms with Crippen LogP contribution in [0.3, 0.4) is 0 Å². The van der Waals surface area contributed by atoms with E-state index in [1.807, 2.05) is 24.5 Å². The first-order valence-corrected chi connectivity index (χ1v) is 4.23. The van der Waals surface area contributed by atoms with Crippen LogP contribution in [0, 0.1) is 0 Å². The number of unbranched alkanes of at least 4 members (excludes halogenated alkanes) is 1. The molecule has 1 rings (SSSR count). The van der Waals surface area contributed by atoms with Gasteiger partial charge in [0, 0.05) is 18.9 Å². The quantitative estimate of drug-likeness (QED) is 0.523. The van der Waals surface area contributed by atoms with E-state index in [2.05, 4.69) is 11.1 Å². The number of aromatic nitrogens is 1. The Morgan fingerprint density at radius 3 is 3.00 bits per heavy atom. The standard InChI is InChI=1S/C10H15NO/c1-2-3-4-6-11-7-5-10(8-11)9-12/h2,5,7-8,12H,1,3-4,6,9H2. The van der Waals surface area contributed by atoms with Crippen molar-refractivity contribution in [2.45, 2.75) is 26.0 Å². The van der Waals surface area contributed by atoms with E-state index in [1.54, 1.807) is 0 Å². The highest BCUT2D eigenvalue weighted by atomic mass is 16.3. The fourth-order valence-corrected chi connectivity index (χ4v) is 1.14. The molecule has 0 spiro atoms. The van der Waals surface area contributed by atoms with Crippen LogP contribution in [0.15, 0.2) is 31.1 Å². The van der Waals surface area contributed by atoms with Crippen molar-refractivity contribution in [2.75, 3.05) is 0 Å². The summed E-state index contributed by atoms with van der Waals surface area (Å²) in [5.74, 6) is 0. The Hall–Kier alpha value is -1.02. The minimum atomic E-state index is 0.133. The van der Waals surface area contributed by atoms with E-state index in [1.165, 1.54) is 0 Å². The summed E-state index contributed by atoms with van der Waals surface area (Å²) in [4.78, 5) is 0. The lowest BCUT2D eigenvalue weighted by atomic mass is 10.3. The van der Waals surface area contributed by atoms with Gasteiger partial charge in [-0.3, -0.25) is 0 Å². The van der Waals surface area contributed by atoms with Gasteiger partial charge in [0.1, 0.15) is 0 Å². The number of aliphatic hydroxyl groups is 1. The molecule has 0 bridgehead atoms. The van der Waals surface area contributed by atoms with Crippen LogP contribution in [0.1, 0.15) is 18.4 Å². The molecule has 12 heavy (non-hydrogen) atoms. The van der Waals surface area contributed by atoms with Crippen molar-refractivity contribution < 1.29 is 5.11 Å². The SMILES string of the molecule is C=CCCCn1ccc(CO)c1. The number of allylic oxidation sites excluding steroid dienone is 1. The molecular formula is C10H15NO. The van der Waals surface area contributed by atoms with Gasteiger partial charge in [0.05, 0.1) is 6.61 Å². The Morgan fingerprint density at radius 2 is 2.42 bits per heavy atom. The maximum atomic E-state index is 8.79. The van der Waals surface area contributed by atoms with Crippen LogP contribution in [-0.2, 0) is 13.2 Å². The van der Waals surface area contributed by atoms with Gasteiger partial charge in [-0.15, -0.1) is 6.58 Å². The van der Waals surface area contributed by atoms with Crippen molar-refractivity contribution in [1.82, 2.24) is 4.57 Å². The number of hydrogen-bond donors (Lipinski definition) is 1. The van der Waals surface area contributed by atoms with Gasteiger partial charge in [-0.1, -0.05) is 6.08 Å². The molecule has 0 unspecified atom stereocenters. The summed E-state index contributed by atoms with van der Waals surface area (Å²) in [6, 6.07) is 1.94. The van der Waals surface area contributed by atoms with Crippen LogP contribution >= 0.6 is 0 Å². The molecule has 1 N–H and O–H groups in total. The fraction of sp³-hybridized carbons (Fsp3) is 0.400. The first kappa shape index (κ1) is 9.07. The van der Waals surface area contributed by atoms with E-state index in [-0.39, 0.29) is 6.61 Å². The average Bonchev–Trinajstić information content (AvgIpc) is 2.53. The zero-order valence-electron chi connectivity index (χ0n) is 7.24. The predicted octanol–water partition coefficient (Wildman–Crippen LogP) is 1.95. The van der Waals surface area contributed by atoms with Gasteiger partial charge in [-0.25, -0.2) is 0 Å². The van der Waals surface area contributed by atoms with E-state index in [9.17, 15) is 0 Å². The van der Waals surface area contributed by atoms with Crippen molar-refractivity contribution >= 4 is 0 Å². The summed E-state index contributed by atoms with van der Waals surface area (Å²) in [7, 11) is 0. The van der Waals surface area contributed by atoms with Crippen LogP contribution in [0.5, 0.6) is 0 Å². The second kappa shape index (κ2) is 4.78. The molecule has 0 aliphatic heterocycles. The largest absolute Gasteiger partial charge is 0.392 e. The van der Waals surface area contributed by atoms with Crippen LogP contribution in [0.4, 0.5) is 0 Å². The number of aryl methyl sites for hydroxylation is 1. The van der Waals surface area contributed by atoms with Crippen LogP contribution < -0.4 is 0 Å². The maximum Gasteiger partial charge on any atom is 0.0696 e. The first-order chi connectivity index (χ1) is 5.86. The average molecular weight is 165 g/mol. The lowest BCUT2D eigenvalue weighted by Crippen LogP contribution is -1.93. The summed E-state index contributed by atoms with van der Waals surface area (Å²) >= 11 is 0. The van der Waals surface area contributed by atoms with Gasteiger partial charge >= 0.3 is 0 Å². The molecule has 0 aliphatic rings. The smallest absolute Gasteiger partial charge is 0.0696 e. The molecule has 1 aromatic rings. The number of rotatable bonds is 5. The highest BCUT2D eigenvalue weighted by Gasteiger charge is 1.93. The van der Waals surface area contributed by atoms with Gasteiger partial charge in [0.2, 0.25) is 0 Å². The molecule has 1 aromatic heterocycles. The molecule has 0 aromatic carbocycles. The monoisotopic (exact) mass is 165 g/mol. The third-order valence-corrected chi connectivity index (χ3v) is 1.82. The van der Waals surface area contributed by atoms with Crippen molar-refractivity contribution in [3.05, 3.63) is 36.7 Å². The Bertz CT molecular complexity index is 240. The molecule has 2 nitrogen and oxygen atoms in total. The Kier molecular flexibility index (Phi) is 3.61. The summed E-state index contributed by atoms with van der Waals surface area (Å²) < 4.78 is 2.09. The third kappa shape index (κ3) is 2.55. The molecule has 0 aliphatic carbocycles. The molecule has 0 radical (unpaired) electrons. The van der Waals surface area contributed by atoms with Gasteiger partial charge in [0.15, 0.2) is 0 Å². The highest BCUT2D eigenvalue weighted by molar-refractivity contribution is 5.08. The van der Waals surface area contributed by atoms with Crippen LogP contribution in [-0.4, -0.2) is 9.67 Å². The Morgan fingerprint density at radius 1 is 1.58 bits per heavy atom. The Labute approximate surface area is 73.1 Å². The molecule has 0 saturated heterocycles. The van der Waals surface area contributed by atoms with Crippen molar-refractivity contribution in [1.29, 1.82) is 0 Å². The Balaban J connectivity index is 2.36. The van der Waals surface area contributed by atoms with Gasteiger partial charge in [-0.2, -0.15) is 0 Å². The van der Waals surface area contributed by atoms with E-state index >= 15 is 0 Å². The van der Waals surface area contributed by atoms with E-state index in [4.69, 9.17) is 5.11 Å². The second-order valence-electron chi connectivity index (χ2n) is 2.85. The van der Waals surface area contributed by atoms with Crippen LogP contribution in [0.25, 0.3) is 0 Å². The van der Waals surface area contributed by atoms with Gasteiger partial charge in [-0.05, 0) is 24.5 Å². The normalized spacial score (nSPS) is 10.1. The van der Waals surface area contributed by atoms with Crippen molar-refractivity contribution in [3.8, 4) is 0 Å². The minimum absolute atomic E-state index is 0.133. The molecule has 2 heteroatoms. The van der Waals surface area contributed by atoms with E-state index < -0.39 is 0 Å². The molecule has 0 fully saturated rings. The molecule has 1 heterocycles. The third-order valence-electron chi connectivity index (χ3n) is 1.82. The van der Waals surface area contributed by atoms with Crippen LogP contribution in [0.2, 0.25) is 0 Å². The number of aliphatic hydroxyl groups excluding tert-OH is 1. The lowest BCUT2D eigenvalue weighted by molar-refractivity contribution is 0.281. The zero-order chi connectivity index (χ0) is 8.81. The topological polar surface area (TPSA) is 25.2 Å². The van der Waals surface area contributed by atoms with Gasteiger partial charge in [0.25, 0.3) is 0 Å². The first-order valence-electron chi connectivity index (χ1n) is 4.23. The minimum Gasteiger partial charge on any atom is -0.392 e. The van der Waals surface area contributed by atoms with Crippen molar-refractivity contribution in [2.24, 2.45) is 0 Å². The highest BCUT2D eigenvalue weighted by Crippen LogP contribution is 2.02. The summed E-state index contributed by atoms with van der Waals surface area (Å²) in [5.41, 5.74) is 0.980. The fourth-order valence-electron chi connectivity index (χ4n) is 1.14. The van der Waals surface area contributed by atoms with Gasteiger partial charge < -0.3 is 9.67 Å². The molecule has 66 valence electrons. The summed E-state index contributed by atoms with van der Waals surface area (Å²) in [6.45, 7) is 4.80. The summed E-state index contributed by atoms with van der Waals surface area (Å²) in [5, 5.41) is 8.79. The second-order valence-corrected chi connectivity index (χ2v) is 2.85. The molecular weight excluding hydrogens is 150 g/mol. The lowest BCUT2D eigenvalue weighted by Gasteiger charge is -1.99. The van der Waals surface area contributed by atoms with E-state index in [0.717, 1.165) is 24.9 Å². The molecule has 0 atom stereocenters. The van der Waals surface area contributed by atoms with E-state index in [0.29, 0.717) is 0 Å². The number of nitrogens with zero attached hydrogens (tertiary/aromatic N) is 1. The zero-order valence-corrected chi connectivity index (χ0v) is 7.24. The maximum absolute atomic E-state index is 8.79.